The molecule has 0 spiro atoms. The van der Waals surface area contributed by atoms with Crippen LogP contribution in [0.15, 0.2) is 18.2 Å². The number of halogens is 4. The van der Waals surface area contributed by atoms with Crippen LogP contribution >= 0.6 is 11.6 Å². The van der Waals surface area contributed by atoms with Crippen molar-refractivity contribution in [2.45, 2.75) is 31.4 Å². The summed E-state index contributed by atoms with van der Waals surface area (Å²) >= 11 is 5.57. The molecule has 1 aliphatic carbocycles. The van der Waals surface area contributed by atoms with Crippen molar-refractivity contribution in [1.29, 1.82) is 0 Å². The molecule has 1 atom stereocenters. The smallest absolute Gasteiger partial charge is 0.257 e. The predicted molar refractivity (Wildman–Crippen MR) is 56.3 cm³/mol. The minimum atomic E-state index is -2.64. The van der Waals surface area contributed by atoms with Gasteiger partial charge in [-0.25, -0.2) is 13.2 Å². The molecule has 0 aliphatic heterocycles. The van der Waals surface area contributed by atoms with E-state index in [2.05, 4.69) is 5.32 Å². The number of hydrogen-bond acceptors (Lipinski definition) is 1. The molecule has 1 nitrogen and oxygen atoms in total. The van der Waals surface area contributed by atoms with E-state index < -0.39 is 18.3 Å². The monoisotopic (exact) mass is 249 g/mol. The van der Waals surface area contributed by atoms with E-state index in [1.807, 2.05) is 0 Å². The summed E-state index contributed by atoms with van der Waals surface area (Å²) in [5.74, 6) is -0.761. The summed E-state index contributed by atoms with van der Waals surface area (Å²) in [6, 6.07) is 2.97. The maximum Gasteiger partial charge on any atom is 0.257 e. The van der Waals surface area contributed by atoms with Gasteiger partial charge in [0.05, 0.1) is 11.1 Å². The number of alkyl halides is 2. The van der Waals surface area contributed by atoms with Crippen LogP contribution in [0.1, 0.15) is 24.4 Å². The van der Waals surface area contributed by atoms with E-state index in [1.165, 1.54) is 18.2 Å². The van der Waals surface area contributed by atoms with Crippen LogP contribution in [0.25, 0.3) is 0 Å². The maximum atomic E-state index is 13.6. The molecule has 1 aromatic carbocycles. The summed E-state index contributed by atoms with van der Waals surface area (Å²) in [5.41, 5.74) is -0.0607. The van der Waals surface area contributed by atoms with Crippen molar-refractivity contribution in [2.24, 2.45) is 0 Å². The first kappa shape index (κ1) is 11.7. The third kappa shape index (κ3) is 2.50. The average molecular weight is 250 g/mol. The van der Waals surface area contributed by atoms with Gasteiger partial charge in [-0.1, -0.05) is 23.7 Å². The van der Waals surface area contributed by atoms with Crippen molar-refractivity contribution in [1.82, 2.24) is 5.32 Å². The molecular weight excluding hydrogens is 239 g/mol. The maximum absolute atomic E-state index is 13.6. The first-order valence-electron chi connectivity index (χ1n) is 5.07. The third-order valence-corrected chi connectivity index (χ3v) is 2.85. The summed E-state index contributed by atoms with van der Waals surface area (Å²) in [6.45, 7) is 0. The number of nitrogens with one attached hydrogen (secondary N) is 1. The van der Waals surface area contributed by atoms with Gasteiger partial charge in [-0.15, -0.1) is 0 Å². The van der Waals surface area contributed by atoms with Gasteiger partial charge in [0.25, 0.3) is 6.43 Å². The van der Waals surface area contributed by atoms with Gasteiger partial charge in [-0.2, -0.15) is 0 Å². The molecule has 0 bridgehead atoms. The molecule has 2 rings (SSSR count). The van der Waals surface area contributed by atoms with Crippen molar-refractivity contribution in [3.63, 3.8) is 0 Å². The lowest BCUT2D eigenvalue weighted by atomic mass is 10.1. The zero-order chi connectivity index (χ0) is 11.7. The van der Waals surface area contributed by atoms with E-state index in [-0.39, 0.29) is 16.6 Å². The zero-order valence-electron chi connectivity index (χ0n) is 8.39. The van der Waals surface area contributed by atoms with Crippen LogP contribution < -0.4 is 5.32 Å². The fraction of sp³-hybridized carbons (Fsp3) is 0.455. The van der Waals surface area contributed by atoms with Crippen LogP contribution in [0.5, 0.6) is 0 Å². The topological polar surface area (TPSA) is 12.0 Å². The number of rotatable bonds is 4. The normalized spacial score (nSPS) is 17.8. The van der Waals surface area contributed by atoms with Crippen molar-refractivity contribution in [2.75, 3.05) is 0 Å². The fourth-order valence-electron chi connectivity index (χ4n) is 1.56. The predicted octanol–water partition coefficient (Wildman–Crippen LogP) is 3.54. The van der Waals surface area contributed by atoms with Gasteiger partial charge in [0.1, 0.15) is 5.82 Å². The lowest BCUT2D eigenvalue weighted by Crippen LogP contribution is -2.29. The van der Waals surface area contributed by atoms with Crippen LogP contribution in [-0.2, 0) is 0 Å². The minimum absolute atomic E-state index is 0.0607. The van der Waals surface area contributed by atoms with E-state index in [1.54, 1.807) is 0 Å². The fourth-order valence-corrected chi connectivity index (χ4v) is 1.74. The second-order valence-corrected chi connectivity index (χ2v) is 4.30. The summed E-state index contributed by atoms with van der Waals surface area (Å²) < 4.78 is 39.2. The van der Waals surface area contributed by atoms with Crippen LogP contribution in [-0.4, -0.2) is 12.5 Å². The first-order valence-corrected chi connectivity index (χ1v) is 5.45. The highest BCUT2D eigenvalue weighted by molar-refractivity contribution is 6.30. The van der Waals surface area contributed by atoms with Crippen molar-refractivity contribution >= 4 is 11.6 Å². The highest BCUT2D eigenvalue weighted by atomic mass is 35.5. The Bertz CT molecular complexity index is 379. The third-order valence-electron chi connectivity index (χ3n) is 2.56. The Labute approximate surface area is 96.6 Å². The van der Waals surface area contributed by atoms with E-state index >= 15 is 0 Å². The molecule has 1 N–H and O–H groups in total. The van der Waals surface area contributed by atoms with Gasteiger partial charge in [0.2, 0.25) is 0 Å². The summed E-state index contributed by atoms with van der Waals surface area (Å²) in [6.07, 6.45) is -0.912. The Morgan fingerprint density at radius 2 is 2.00 bits per heavy atom. The minimum Gasteiger partial charge on any atom is -0.302 e. The molecule has 1 saturated carbocycles. The van der Waals surface area contributed by atoms with Crippen LogP contribution in [0.3, 0.4) is 0 Å². The molecule has 1 unspecified atom stereocenters. The standard InChI is InChI=1S/C11H11ClF3N/c12-8-3-1-2-7(9(8)13)10(11(14)15)16-6-4-5-6/h1-3,6,10-11,16H,4-5H2. The summed E-state index contributed by atoms with van der Waals surface area (Å²) in [7, 11) is 0. The Kier molecular flexibility index (Phi) is 3.40. The van der Waals surface area contributed by atoms with E-state index in [9.17, 15) is 13.2 Å². The molecule has 1 fully saturated rings. The Balaban J connectivity index is 2.26. The van der Waals surface area contributed by atoms with Gasteiger partial charge < -0.3 is 5.32 Å². The van der Waals surface area contributed by atoms with Crippen LogP contribution in [0.2, 0.25) is 5.02 Å². The molecule has 5 heteroatoms. The van der Waals surface area contributed by atoms with Crippen molar-refractivity contribution in [3.8, 4) is 0 Å². The Morgan fingerprint density at radius 1 is 1.31 bits per heavy atom. The molecule has 0 aromatic heterocycles. The lowest BCUT2D eigenvalue weighted by molar-refractivity contribution is 0.0956. The molecule has 0 heterocycles. The molecule has 0 radical (unpaired) electrons. The van der Waals surface area contributed by atoms with Gasteiger partial charge in [-0.05, 0) is 18.9 Å². The number of benzene rings is 1. The summed E-state index contributed by atoms with van der Waals surface area (Å²) in [4.78, 5) is 0. The van der Waals surface area contributed by atoms with Crippen molar-refractivity contribution in [3.05, 3.63) is 34.6 Å². The average Bonchev–Trinajstić information content (AvgIpc) is 3.03. The molecule has 1 aromatic rings. The van der Waals surface area contributed by atoms with Gasteiger partial charge in [-0.3, -0.25) is 0 Å². The second kappa shape index (κ2) is 4.63. The van der Waals surface area contributed by atoms with Crippen LogP contribution in [0.4, 0.5) is 13.2 Å². The molecular formula is C11H11ClF3N. The molecule has 1 aliphatic rings. The van der Waals surface area contributed by atoms with Gasteiger partial charge in [0.15, 0.2) is 0 Å². The van der Waals surface area contributed by atoms with Crippen molar-refractivity contribution < 1.29 is 13.2 Å². The molecule has 88 valence electrons. The van der Waals surface area contributed by atoms with E-state index in [4.69, 9.17) is 11.6 Å². The Hall–Kier alpha value is -0.740. The van der Waals surface area contributed by atoms with E-state index in [0.29, 0.717) is 0 Å². The summed E-state index contributed by atoms with van der Waals surface area (Å²) in [5, 5.41) is 2.60. The first-order chi connectivity index (χ1) is 7.59. The molecule has 16 heavy (non-hydrogen) atoms. The van der Waals surface area contributed by atoms with Gasteiger partial charge >= 0.3 is 0 Å². The molecule has 0 amide bonds. The van der Waals surface area contributed by atoms with E-state index in [0.717, 1.165) is 12.8 Å². The zero-order valence-corrected chi connectivity index (χ0v) is 9.15. The van der Waals surface area contributed by atoms with Gasteiger partial charge in [0, 0.05) is 11.6 Å². The second-order valence-electron chi connectivity index (χ2n) is 3.90. The van der Waals surface area contributed by atoms with Crippen LogP contribution in [0, 0.1) is 5.82 Å². The SMILES string of the molecule is Fc1c(Cl)cccc1C(NC1CC1)C(F)F. The Morgan fingerprint density at radius 3 is 2.56 bits per heavy atom. The highest BCUT2D eigenvalue weighted by Crippen LogP contribution is 2.31. The highest BCUT2D eigenvalue weighted by Gasteiger charge is 2.32. The largest absolute Gasteiger partial charge is 0.302 e. The molecule has 0 saturated heterocycles. The quantitative estimate of drug-likeness (QED) is 0.861. The lowest BCUT2D eigenvalue weighted by Gasteiger charge is -2.19. The number of hydrogen-bond donors (Lipinski definition) is 1.